The number of allylic oxidation sites excluding steroid dienone is 2. The summed E-state index contributed by atoms with van der Waals surface area (Å²) in [6, 6.07) is 0.412. The predicted molar refractivity (Wildman–Crippen MR) is 47.2 cm³/mol. The van der Waals surface area contributed by atoms with Crippen molar-refractivity contribution in [2.75, 3.05) is 6.67 Å². The second-order valence-corrected chi connectivity index (χ2v) is 3.25. The molecule has 2 unspecified atom stereocenters. The normalized spacial score (nSPS) is 36.7. The zero-order valence-corrected chi connectivity index (χ0v) is 6.67. The third-order valence-corrected chi connectivity index (χ3v) is 2.56. The molecular weight excluding hydrogens is 150 g/mol. The molecule has 62 valence electrons. The molecule has 0 aromatic rings. The van der Waals surface area contributed by atoms with E-state index in [0.717, 1.165) is 6.67 Å². The molecule has 0 radical (unpaired) electrons. The molecule has 0 spiro atoms. The first-order valence-electron chi connectivity index (χ1n) is 4.27. The van der Waals surface area contributed by atoms with Crippen molar-refractivity contribution < 1.29 is 0 Å². The number of rotatable bonds is 0. The van der Waals surface area contributed by atoms with Gasteiger partial charge in [0.1, 0.15) is 6.17 Å². The maximum atomic E-state index is 3.47. The minimum absolute atomic E-state index is 0.345. The minimum Gasteiger partial charge on any atom is -0.373 e. The molecule has 1 fully saturated rings. The van der Waals surface area contributed by atoms with Crippen LogP contribution < -0.4 is 16.0 Å². The summed E-state index contributed by atoms with van der Waals surface area (Å²) in [5.41, 5.74) is 2.70. The molecule has 3 rings (SSSR count). The van der Waals surface area contributed by atoms with Gasteiger partial charge in [-0.1, -0.05) is 24.3 Å². The molecule has 0 saturated carbocycles. The molecule has 0 bridgehead atoms. The van der Waals surface area contributed by atoms with Crippen molar-refractivity contribution in [3.63, 3.8) is 0 Å². The Balaban J connectivity index is 2.06. The summed E-state index contributed by atoms with van der Waals surface area (Å²) in [5.74, 6) is 0. The fraction of sp³-hybridized carbons (Fsp3) is 0.333. The predicted octanol–water partition coefficient (Wildman–Crippen LogP) is -0.185. The SMILES string of the molecule is C1=CC2=C3NCNC3NC2C=C1. The third-order valence-electron chi connectivity index (χ3n) is 2.56. The molecule has 2 heterocycles. The van der Waals surface area contributed by atoms with E-state index in [0.29, 0.717) is 12.2 Å². The van der Waals surface area contributed by atoms with Crippen LogP contribution in [0.4, 0.5) is 0 Å². The van der Waals surface area contributed by atoms with Gasteiger partial charge in [-0.15, -0.1) is 0 Å². The van der Waals surface area contributed by atoms with Crippen LogP contribution in [-0.2, 0) is 0 Å². The Morgan fingerprint density at radius 2 is 2.33 bits per heavy atom. The van der Waals surface area contributed by atoms with Gasteiger partial charge in [0.05, 0.1) is 12.7 Å². The first-order chi connectivity index (χ1) is 5.95. The van der Waals surface area contributed by atoms with Gasteiger partial charge in [-0.05, 0) is 5.57 Å². The average molecular weight is 161 g/mol. The molecule has 3 N–H and O–H groups in total. The first-order valence-corrected chi connectivity index (χ1v) is 4.27. The Morgan fingerprint density at radius 3 is 3.33 bits per heavy atom. The molecule has 3 heteroatoms. The van der Waals surface area contributed by atoms with Crippen LogP contribution in [-0.4, -0.2) is 18.9 Å². The van der Waals surface area contributed by atoms with E-state index < -0.39 is 0 Å². The van der Waals surface area contributed by atoms with E-state index in [1.54, 1.807) is 0 Å². The van der Waals surface area contributed by atoms with Crippen molar-refractivity contribution >= 4 is 0 Å². The lowest BCUT2D eigenvalue weighted by atomic mass is 10.0. The van der Waals surface area contributed by atoms with Crippen molar-refractivity contribution in [3.05, 3.63) is 35.6 Å². The zero-order valence-electron chi connectivity index (χ0n) is 6.67. The zero-order chi connectivity index (χ0) is 7.97. The van der Waals surface area contributed by atoms with Crippen LogP contribution in [0.1, 0.15) is 0 Å². The first kappa shape index (κ1) is 6.46. The Labute approximate surface area is 71.2 Å². The molecule has 0 aromatic carbocycles. The van der Waals surface area contributed by atoms with E-state index in [2.05, 4.69) is 40.3 Å². The van der Waals surface area contributed by atoms with Crippen LogP contribution in [0, 0.1) is 0 Å². The number of fused-ring (bicyclic) bond motifs is 2. The minimum atomic E-state index is 0.345. The summed E-state index contributed by atoms with van der Waals surface area (Å²) in [6.07, 6.45) is 8.88. The maximum absolute atomic E-state index is 3.47. The molecule has 3 aliphatic rings. The lowest BCUT2D eigenvalue weighted by Gasteiger charge is -2.12. The quantitative estimate of drug-likeness (QED) is 0.461. The van der Waals surface area contributed by atoms with Crippen molar-refractivity contribution in [2.45, 2.75) is 12.2 Å². The lowest BCUT2D eigenvalue weighted by Crippen LogP contribution is -2.39. The van der Waals surface area contributed by atoms with Gasteiger partial charge in [-0.25, -0.2) is 0 Å². The van der Waals surface area contributed by atoms with Gasteiger partial charge in [0, 0.05) is 5.70 Å². The van der Waals surface area contributed by atoms with Crippen LogP contribution in [0.3, 0.4) is 0 Å². The molecule has 1 saturated heterocycles. The van der Waals surface area contributed by atoms with Crippen LogP contribution in [0.25, 0.3) is 0 Å². The highest BCUT2D eigenvalue weighted by Gasteiger charge is 2.33. The van der Waals surface area contributed by atoms with E-state index in [1.165, 1.54) is 11.3 Å². The monoisotopic (exact) mass is 161 g/mol. The fourth-order valence-electron chi connectivity index (χ4n) is 1.99. The van der Waals surface area contributed by atoms with Crippen LogP contribution in [0.2, 0.25) is 0 Å². The van der Waals surface area contributed by atoms with Crippen LogP contribution in [0.5, 0.6) is 0 Å². The molecule has 12 heavy (non-hydrogen) atoms. The van der Waals surface area contributed by atoms with Gasteiger partial charge in [0.15, 0.2) is 0 Å². The number of hydrogen-bond donors (Lipinski definition) is 3. The van der Waals surface area contributed by atoms with Gasteiger partial charge < -0.3 is 5.32 Å². The Hall–Kier alpha value is -1.06. The Bertz CT molecular complexity index is 301. The van der Waals surface area contributed by atoms with Gasteiger partial charge in [-0.2, -0.15) is 0 Å². The fourth-order valence-corrected chi connectivity index (χ4v) is 1.99. The smallest absolute Gasteiger partial charge is 0.101 e. The van der Waals surface area contributed by atoms with Gasteiger partial charge in [-0.3, -0.25) is 10.6 Å². The van der Waals surface area contributed by atoms with E-state index in [-0.39, 0.29) is 0 Å². The molecule has 2 atom stereocenters. The van der Waals surface area contributed by atoms with Gasteiger partial charge in [0.2, 0.25) is 0 Å². The summed E-state index contributed by atoms with van der Waals surface area (Å²) in [4.78, 5) is 0. The van der Waals surface area contributed by atoms with E-state index >= 15 is 0 Å². The maximum Gasteiger partial charge on any atom is 0.101 e. The highest BCUT2D eigenvalue weighted by Crippen LogP contribution is 2.24. The van der Waals surface area contributed by atoms with Gasteiger partial charge in [0.25, 0.3) is 0 Å². The number of hydrogen-bond acceptors (Lipinski definition) is 3. The Morgan fingerprint density at radius 1 is 1.33 bits per heavy atom. The van der Waals surface area contributed by atoms with E-state index in [4.69, 9.17) is 0 Å². The largest absolute Gasteiger partial charge is 0.373 e. The summed E-state index contributed by atoms with van der Waals surface area (Å²) < 4.78 is 0. The van der Waals surface area contributed by atoms with Crippen molar-refractivity contribution in [1.82, 2.24) is 16.0 Å². The summed E-state index contributed by atoms with van der Waals surface area (Å²) in [6.45, 7) is 0.876. The third kappa shape index (κ3) is 0.722. The molecule has 3 nitrogen and oxygen atoms in total. The second-order valence-electron chi connectivity index (χ2n) is 3.25. The van der Waals surface area contributed by atoms with Crippen molar-refractivity contribution in [2.24, 2.45) is 0 Å². The molecule has 1 aliphatic carbocycles. The molecular formula is C9H11N3. The summed E-state index contributed by atoms with van der Waals surface area (Å²) in [7, 11) is 0. The second kappa shape index (κ2) is 2.21. The molecule has 0 aromatic heterocycles. The topological polar surface area (TPSA) is 36.1 Å². The lowest BCUT2D eigenvalue weighted by molar-refractivity contribution is 0.550. The highest BCUT2D eigenvalue weighted by molar-refractivity contribution is 5.45. The highest BCUT2D eigenvalue weighted by atomic mass is 15.3. The standard InChI is InChI=1S/C9H11N3/c1-2-4-7-6(3-1)8-9(12-7)11-5-10-8/h1-4,7,9-12H,5H2. The van der Waals surface area contributed by atoms with Crippen LogP contribution in [0.15, 0.2) is 35.6 Å². The van der Waals surface area contributed by atoms with Gasteiger partial charge >= 0.3 is 0 Å². The average Bonchev–Trinajstić information content (AvgIpc) is 2.62. The van der Waals surface area contributed by atoms with E-state index in [1.807, 2.05) is 0 Å². The van der Waals surface area contributed by atoms with Crippen molar-refractivity contribution in [3.8, 4) is 0 Å². The van der Waals surface area contributed by atoms with E-state index in [9.17, 15) is 0 Å². The van der Waals surface area contributed by atoms with Crippen LogP contribution >= 0.6 is 0 Å². The number of nitrogens with one attached hydrogen (secondary N) is 3. The molecule has 0 amide bonds. The molecule has 2 aliphatic heterocycles. The van der Waals surface area contributed by atoms with Crippen molar-refractivity contribution in [1.29, 1.82) is 0 Å². The summed E-state index contributed by atoms with van der Waals surface area (Å²) >= 11 is 0. The summed E-state index contributed by atoms with van der Waals surface area (Å²) in [5, 5.41) is 10.1. The Kier molecular flexibility index (Phi) is 1.19.